The largest absolute Gasteiger partial charge is 0.287 e. The van der Waals surface area contributed by atoms with Gasteiger partial charge in [-0.25, -0.2) is 0 Å². The summed E-state index contributed by atoms with van der Waals surface area (Å²) in [6.45, 7) is 1.86. The number of aryl methyl sites for hydroxylation is 1. The Balaban J connectivity index is 2.06. The summed E-state index contributed by atoms with van der Waals surface area (Å²) in [6, 6.07) is 14.8. The van der Waals surface area contributed by atoms with Crippen molar-refractivity contribution in [2.24, 2.45) is 5.10 Å². The molecule has 108 valence electrons. The second-order valence-electron chi connectivity index (χ2n) is 4.40. The molecule has 6 heteroatoms. The number of nitrogens with zero attached hydrogens (tertiary/aromatic N) is 1. The Hall–Kier alpha value is -2.47. The molecule has 2 rings (SSSR count). The number of hydrogen-bond donors (Lipinski definition) is 1. The van der Waals surface area contributed by atoms with Crippen molar-refractivity contribution in [2.45, 2.75) is 11.8 Å². The molecule has 1 N–H and O–H groups in total. The van der Waals surface area contributed by atoms with Gasteiger partial charge in [0.2, 0.25) is 5.78 Å². The molecule has 0 spiro atoms. The number of nitrogens with one attached hydrogen (secondary N) is 1. The minimum Gasteiger partial charge on any atom is -0.287 e. The third-order valence-corrected chi connectivity index (χ3v) is 3.98. The Morgan fingerprint density at radius 2 is 1.67 bits per heavy atom. The van der Waals surface area contributed by atoms with Crippen LogP contribution in [0.25, 0.3) is 0 Å². The van der Waals surface area contributed by atoms with E-state index in [0.717, 1.165) is 11.8 Å². The summed E-state index contributed by atoms with van der Waals surface area (Å²) < 4.78 is 23.9. The molecule has 0 saturated heterocycles. The van der Waals surface area contributed by atoms with Gasteiger partial charge in [0.1, 0.15) is 0 Å². The van der Waals surface area contributed by atoms with E-state index in [1.165, 1.54) is 12.1 Å². The molecule has 5 nitrogen and oxygen atoms in total. The van der Waals surface area contributed by atoms with Crippen LogP contribution in [0.3, 0.4) is 0 Å². The van der Waals surface area contributed by atoms with Crippen LogP contribution in [-0.2, 0) is 10.0 Å². The summed E-state index contributed by atoms with van der Waals surface area (Å²) >= 11 is 0. The monoisotopic (exact) mass is 302 g/mol. The van der Waals surface area contributed by atoms with Crippen molar-refractivity contribution in [3.63, 3.8) is 0 Å². The highest BCUT2D eigenvalue weighted by molar-refractivity contribution is 7.89. The highest BCUT2D eigenvalue weighted by Gasteiger charge is 2.12. The molecule has 2 aromatic rings. The zero-order chi connectivity index (χ0) is 15.3. The lowest BCUT2D eigenvalue weighted by Crippen LogP contribution is -2.19. The third-order valence-electron chi connectivity index (χ3n) is 2.74. The molecule has 0 aliphatic rings. The van der Waals surface area contributed by atoms with E-state index < -0.39 is 10.0 Å². The van der Waals surface area contributed by atoms with Crippen molar-refractivity contribution in [1.82, 2.24) is 4.83 Å². The van der Waals surface area contributed by atoms with E-state index in [-0.39, 0.29) is 10.7 Å². The lowest BCUT2D eigenvalue weighted by Gasteiger charge is -2.03. The lowest BCUT2D eigenvalue weighted by atomic mass is 10.1. The molecule has 0 atom stereocenters. The predicted molar refractivity (Wildman–Crippen MR) is 80.8 cm³/mol. The molecule has 0 amide bonds. The fourth-order valence-electron chi connectivity index (χ4n) is 1.60. The third kappa shape index (κ3) is 4.00. The second-order valence-corrected chi connectivity index (χ2v) is 6.06. The molecular weight excluding hydrogens is 288 g/mol. The minimum absolute atomic E-state index is 0.0948. The maximum Gasteiger partial charge on any atom is 0.276 e. The number of sulfonamides is 1. The van der Waals surface area contributed by atoms with Crippen molar-refractivity contribution >= 4 is 22.0 Å². The summed E-state index contributed by atoms with van der Waals surface area (Å²) in [5.41, 5.74) is 1.40. The predicted octanol–water partition coefficient (Wildman–Crippen LogP) is 2.14. The van der Waals surface area contributed by atoms with Gasteiger partial charge in [-0.2, -0.15) is 18.4 Å². The minimum atomic E-state index is -3.76. The summed E-state index contributed by atoms with van der Waals surface area (Å²) in [4.78, 5) is 13.8. The van der Waals surface area contributed by atoms with Crippen LogP contribution < -0.4 is 4.83 Å². The molecule has 0 radical (unpaired) electrons. The quantitative estimate of drug-likeness (QED) is 0.522. The van der Waals surface area contributed by atoms with E-state index in [2.05, 4.69) is 5.10 Å². The number of hydrazone groups is 1. The van der Waals surface area contributed by atoms with Crippen molar-refractivity contribution < 1.29 is 13.2 Å². The van der Waals surface area contributed by atoms with Crippen LogP contribution in [0.5, 0.6) is 0 Å². The maximum atomic E-state index is 11.9. The highest BCUT2D eigenvalue weighted by Crippen LogP contribution is 2.09. The molecule has 0 aromatic heterocycles. The first-order chi connectivity index (χ1) is 9.99. The Labute approximate surface area is 123 Å². The van der Waals surface area contributed by atoms with Crippen LogP contribution in [0.2, 0.25) is 0 Å². The molecule has 21 heavy (non-hydrogen) atoms. The normalized spacial score (nSPS) is 11.5. The van der Waals surface area contributed by atoms with Crippen LogP contribution in [0.15, 0.2) is 64.6 Å². The number of Topliss-reactive ketones (excluding diaryl/α,β-unsaturated/α-hetero) is 1. The fourth-order valence-corrected chi connectivity index (χ4v) is 2.39. The van der Waals surface area contributed by atoms with E-state index in [0.29, 0.717) is 5.56 Å². The molecule has 0 aliphatic carbocycles. The number of carbonyl (C=O) groups excluding carboxylic acids is 1. The van der Waals surface area contributed by atoms with E-state index in [9.17, 15) is 13.2 Å². The Kier molecular flexibility index (Phi) is 4.49. The molecule has 0 fully saturated rings. The second kappa shape index (κ2) is 6.32. The van der Waals surface area contributed by atoms with Gasteiger partial charge >= 0.3 is 0 Å². The summed E-state index contributed by atoms with van der Waals surface area (Å²) in [7, 11) is -3.76. The van der Waals surface area contributed by atoms with E-state index in [4.69, 9.17) is 0 Å². The standard InChI is InChI=1S/C15H14N2O3S/c1-12-7-9-14(10-8-12)21(19,20)17-16-11-15(18)13-5-3-2-4-6-13/h2-11,17H,1H3. The average Bonchev–Trinajstić information content (AvgIpc) is 2.48. The van der Waals surface area contributed by atoms with Gasteiger partial charge in [0, 0.05) is 5.56 Å². The first-order valence-corrected chi connectivity index (χ1v) is 7.68. The molecular formula is C15H14N2O3S. The van der Waals surface area contributed by atoms with Crippen molar-refractivity contribution in [3.8, 4) is 0 Å². The van der Waals surface area contributed by atoms with Gasteiger partial charge in [0.05, 0.1) is 11.1 Å². The van der Waals surface area contributed by atoms with Crippen LogP contribution >= 0.6 is 0 Å². The van der Waals surface area contributed by atoms with Crippen LogP contribution in [0, 0.1) is 6.92 Å². The number of ketones is 1. The zero-order valence-electron chi connectivity index (χ0n) is 11.4. The Morgan fingerprint density at radius 3 is 2.29 bits per heavy atom. The van der Waals surface area contributed by atoms with Gasteiger partial charge < -0.3 is 0 Å². The van der Waals surface area contributed by atoms with E-state index in [1.54, 1.807) is 42.5 Å². The number of rotatable bonds is 5. The molecule has 2 aromatic carbocycles. The molecule has 0 aliphatic heterocycles. The molecule has 0 unspecified atom stereocenters. The molecule has 0 saturated carbocycles. The highest BCUT2D eigenvalue weighted by atomic mass is 32.2. The molecule has 0 bridgehead atoms. The maximum absolute atomic E-state index is 11.9. The smallest absolute Gasteiger partial charge is 0.276 e. The van der Waals surface area contributed by atoms with Gasteiger partial charge in [-0.3, -0.25) is 4.79 Å². The van der Waals surface area contributed by atoms with Crippen molar-refractivity contribution in [3.05, 3.63) is 65.7 Å². The van der Waals surface area contributed by atoms with Crippen LogP contribution in [0.4, 0.5) is 0 Å². The van der Waals surface area contributed by atoms with Crippen LogP contribution in [-0.4, -0.2) is 20.4 Å². The Morgan fingerprint density at radius 1 is 1.05 bits per heavy atom. The van der Waals surface area contributed by atoms with Gasteiger partial charge in [-0.1, -0.05) is 48.0 Å². The van der Waals surface area contributed by atoms with Gasteiger partial charge in [0.15, 0.2) is 0 Å². The topological polar surface area (TPSA) is 75.6 Å². The summed E-state index contributed by atoms with van der Waals surface area (Å²) in [5.74, 6) is -0.373. The Bertz CT molecular complexity index is 751. The number of carbonyl (C=O) groups is 1. The van der Waals surface area contributed by atoms with E-state index in [1.807, 2.05) is 11.8 Å². The van der Waals surface area contributed by atoms with Gasteiger partial charge in [-0.05, 0) is 19.1 Å². The SMILES string of the molecule is Cc1ccc(S(=O)(=O)NN=CC(=O)c2ccccc2)cc1. The van der Waals surface area contributed by atoms with E-state index >= 15 is 0 Å². The first kappa shape index (κ1) is 14.9. The van der Waals surface area contributed by atoms with Gasteiger partial charge in [-0.15, -0.1) is 0 Å². The van der Waals surface area contributed by atoms with Crippen molar-refractivity contribution in [2.75, 3.05) is 0 Å². The lowest BCUT2D eigenvalue weighted by molar-refractivity contribution is 0.107. The van der Waals surface area contributed by atoms with Gasteiger partial charge in [0.25, 0.3) is 10.0 Å². The fraction of sp³-hybridized carbons (Fsp3) is 0.0667. The summed E-state index contributed by atoms with van der Waals surface area (Å²) in [6.07, 6.45) is 0.946. The number of benzene rings is 2. The number of hydrogen-bond acceptors (Lipinski definition) is 4. The van der Waals surface area contributed by atoms with Crippen LogP contribution in [0.1, 0.15) is 15.9 Å². The molecule has 0 heterocycles. The first-order valence-electron chi connectivity index (χ1n) is 6.20. The average molecular weight is 302 g/mol. The summed E-state index contributed by atoms with van der Waals surface area (Å²) in [5, 5.41) is 3.51. The zero-order valence-corrected chi connectivity index (χ0v) is 12.2. The van der Waals surface area contributed by atoms with Crippen molar-refractivity contribution in [1.29, 1.82) is 0 Å².